The van der Waals surface area contributed by atoms with Crippen LogP contribution in [-0.4, -0.2) is 26.8 Å². The standard InChI is InChI=1S/C17H23N3O2/c1-4-12(3)22-16-14-8-11(2)20(9-15(14)18-10-19-16)17(21)13-6-5-7-13/h4,10-11,13H,5-9H2,1-3H3/b12-4+/t11-/m0/s1. The number of carbonyl (C=O) groups excluding carboxylic acids is 1. The van der Waals surface area contributed by atoms with Gasteiger partial charge in [-0.1, -0.05) is 6.42 Å². The molecule has 118 valence electrons. The summed E-state index contributed by atoms with van der Waals surface area (Å²) in [6, 6.07) is 0.167. The molecule has 1 amide bonds. The summed E-state index contributed by atoms with van der Waals surface area (Å²) in [5.41, 5.74) is 1.95. The number of hydrogen-bond donors (Lipinski definition) is 0. The Labute approximate surface area is 131 Å². The molecule has 22 heavy (non-hydrogen) atoms. The number of ether oxygens (including phenoxy) is 1. The summed E-state index contributed by atoms with van der Waals surface area (Å²) < 4.78 is 5.79. The lowest BCUT2D eigenvalue weighted by Gasteiger charge is -2.38. The van der Waals surface area contributed by atoms with Crippen LogP contribution in [-0.2, 0) is 17.8 Å². The molecule has 0 N–H and O–H groups in total. The average molecular weight is 301 g/mol. The smallest absolute Gasteiger partial charge is 0.226 e. The monoisotopic (exact) mass is 301 g/mol. The molecule has 1 fully saturated rings. The lowest BCUT2D eigenvalue weighted by molar-refractivity contribution is -0.141. The Balaban J connectivity index is 1.83. The van der Waals surface area contributed by atoms with Gasteiger partial charge in [0.25, 0.3) is 0 Å². The van der Waals surface area contributed by atoms with Gasteiger partial charge in [0.15, 0.2) is 0 Å². The van der Waals surface area contributed by atoms with Gasteiger partial charge in [0.1, 0.15) is 6.33 Å². The first-order valence-corrected chi connectivity index (χ1v) is 8.04. The normalized spacial score (nSPS) is 22.0. The van der Waals surface area contributed by atoms with E-state index >= 15 is 0 Å². The molecule has 1 aromatic heterocycles. The molecule has 5 heteroatoms. The van der Waals surface area contributed by atoms with Gasteiger partial charge in [-0.3, -0.25) is 4.79 Å². The predicted octanol–water partition coefficient (Wildman–Crippen LogP) is 2.85. The van der Waals surface area contributed by atoms with Crippen LogP contribution in [0.25, 0.3) is 0 Å². The van der Waals surface area contributed by atoms with E-state index in [2.05, 4.69) is 16.9 Å². The highest BCUT2D eigenvalue weighted by molar-refractivity contribution is 5.80. The average Bonchev–Trinajstić information content (AvgIpc) is 2.45. The summed E-state index contributed by atoms with van der Waals surface area (Å²) in [5, 5.41) is 0. The number of fused-ring (bicyclic) bond motifs is 1. The lowest BCUT2D eigenvalue weighted by atomic mass is 9.83. The molecule has 0 bridgehead atoms. The number of carbonyl (C=O) groups is 1. The number of aromatic nitrogens is 2. The third-order valence-corrected chi connectivity index (χ3v) is 4.75. The highest BCUT2D eigenvalue weighted by Gasteiger charge is 2.35. The minimum atomic E-state index is 0.167. The largest absolute Gasteiger partial charge is 0.444 e. The Morgan fingerprint density at radius 2 is 2.18 bits per heavy atom. The first kappa shape index (κ1) is 15.0. The van der Waals surface area contributed by atoms with Gasteiger partial charge in [0, 0.05) is 17.5 Å². The highest BCUT2D eigenvalue weighted by Crippen LogP contribution is 2.33. The fourth-order valence-corrected chi connectivity index (χ4v) is 2.98. The van der Waals surface area contributed by atoms with Gasteiger partial charge >= 0.3 is 0 Å². The van der Waals surface area contributed by atoms with E-state index in [0.717, 1.165) is 36.3 Å². The van der Waals surface area contributed by atoms with Crippen molar-refractivity contribution in [1.29, 1.82) is 0 Å². The molecule has 0 saturated heterocycles. The van der Waals surface area contributed by atoms with Gasteiger partial charge in [-0.05, 0) is 46.1 Å². The molecule has 1 aromatic rings. The maximum atomic E-state index is 12.6. The van der Waals surface area contributed by atoms with Gasteiger partial charge in [0.05, 0.1) is 18.0 Å². The molecule has 1 atom stereocenters. The Morgan fingerprint density at radius 1 is 1.41 bits per heavy atom. The molecular weight excluding hydrogens is 278 g/mol. The van der Waals surface area contributed by atoms with Crippen molar-refractivity contribution < 1.29 is 9.53 Å². The van der Waals surface area contributed by atoms with Crippen molar-refractivity contribution in [2.24, 2.45) is 5.92 Å². The summed E-state index contributed by atoms with van der Waals surface area (Å²) >= 11 is 0. The molecule has 0 unspecified atom stereocenters. The second-order valence-corrected chi connectivity index (χ2v) is 6.25. The van der Waals surface area contributed by atoms with Gasteiger partial charge in [0.2, 0.25) is 11.8 Å². The molecular formula is C17H23N3O2. The number of nitrogens with zero attached hydrogens (tertiary/aromatic N) is 3. The van der Waals surface area contributed by atoms with Crippen LogP contribution in [0, 0.1) is 5.92 Å². The number of allylic oxidation sites excluding steroid dienone is 2. The summed E-state index contributed by atoms with van der Waals surface area (Å²) in [7, 11) is 0. The maximum Gasteiger partial charge on any atom is 0.226 e. The van der Waals surface area contributed by atoms with Crippen molar-refractivity contribution in [3.8, 4) is 5.88 Å². The molecule has 5 nitrogen and oxygen atoms in total. The zero-order valence-electron chi connectivity index (χ0n) is 13.5. The van der Waals surface area contributed by atoms with Gasteiger partial charge in [-0.25, -0.2) is 9.97 Å². The third kappa shape index (κ3) is 2.72. The van der Waals surface area contributed by atoms with E-state index in [-0.39, 0.29) is 17.9 Å². The molecule has 2 heterocycles. The zero-order valence-corrected chi connectivity index (χ0v) is 13.5. The van der Waals surface area contributed by atoms with E-state index < -0.39 is 0 Å². The Hall–Kier alpha value is -1.91. The summed E-state index contributed by atoms with van der Waals surface area (Å²) in [6.07, 6.45) is 7.44. The zero-order chi connectivity index (χ0) is 15.7. The van der Waals surface area contributed by atoms with Crippen molar-refractivity contribution in [2.75, 3.05) is 0 Å². The molecule has 0 aromatic carbocycles. The van der Waals surface area contributed by atoms with Crippen molar-refractivity contribution in [2.45, 2.75) is 59.0 Å². The molecule has 1 aliphatic heterocycles. The highest BCUT2D eigenvalue weighted by atomic mass is 16.5. The van der Waals surface area contributed by atoms with Crippen LogP contribution < -0.4 is 4.74 Å². The Kier molecular flexibility index (Phi) is 4.14. The van der Waals surface area contributed by atoms with Crippen LogP contribution in [0.3, 0.4) is 0 Å². The molecule has 0 radical (unpaired) electrons. The predicted molar refractivity (Wildman–Crippen MR) is 83.1 cm³/mol. The molecule has 3 rings (SSSR count). The van der Waals surface area contributed by atoms with Gasteiger partial charge in [-0.15, -0.1) is 0 Å². The Morgan fingerprint density at radius 3 is 2.82 bits per heavy atom. The van der Waals surface area contributed by atoms with E-state index in [9.17, 15) is 4.79 Å². The van der Waals surface area contributed by atoms with E-state index in [1.807, 2.05) is 24.8 Å². The molecule has 0 spiro atoms. The fraction of sp³-hybridized carbons (Fsp3) is 0.588. The summed E-state index contributed by atoms with van der Waals surface area (Å²) in [6.45, 7) is 6.51. The van der Waals surface area contributed by atoms with Crippen molar-refractivity contribution in [1.82, 2.24) is 14.9 Å². The Bertz CT molecular complexity index is 608. The van der Waals surface area contributed by atoms with E-state index in [1.165, 1.54) is 12.7 Å². The first-order chi connectivity index (χ1) is 10.6. The van der Waals surface area contributed by atoms with Crippen LogP contribution in [0.4, 0.5) is 0 Å². The number of hydrogen-bond acceptors (Lipinski definition) is 4. The van der Waals surface area contributed by atoms with Gasteiger partial charge in [-0.2, -0.15) is 0 Å². The number of rotatable bonds is 3. The topological polar surface area (TPSA) is 55.3 Å². The molecule has 2 aliphatic rings. The van der Waals surface area contributed by atoms with Gasteiger partial charge < -0.3 is 9.64 Å². The minimum Gasteiger partial charge on any atom is -0.444 e. The van der Waals surface area contributed by atoms with Crippen LogP contribution in [0.5, 0.6) is 5.88 Å². The second-order valence-electron chi connectivity index (χ2n) is 6.25. The van der Waals surface area contributed by atoms with Crippen molar-refractivity contribution in [3.63, 3.8) is 0 Å². The van der Waals surface area contributed by atoms with Crippen LogP contribution in [0.1, 0.15) is 51.3 Å². The van der Waals surface area contributed by atoms with E-state index in [0.29, 0.717) is 12.4 Å². The molecule has 1 saturated carbocycles. The van der Waals surface area contributed by atoms with Crippen molar-refractivity contribution >= 4 is 5.91 Å². The summed E-state index contributed by atoms with van der Waals surface area (Å²) in [4.78, 5) is 23.2. The third-order valence-electron chi connectivity index (χ3n) is 4.75. The summed E-state index contributed by atoms with van der Waals surface area (Å²) in [5.74, 6) is 1.96. The first-order valence-electron chi connectivity index (χ1n) is 8.04. The fourth-order valence-electron chi connectivity index (χ4n) is 2.98. The molecule has 1 aliphatic carbocycles. The quantitative estimate of drug-likeness (QED) is 0.806. The van der Waals surface area contributed by atoms with E-state index in [1.54, 1.807) is 0 Å². The minimum absolute atomic E-state index is 0.167. The maximum absolute atomic E-state index is 12.6. The van der Waals surface area contributed by atoms with Crippen LogP contribution >= 0.6 is 0 Å². The van der Waals surface area contributed by atoms with E-state index in [4.69, 9.17) is 4.74 Å². The number of amides is 1. The SMILES string of the molecule is C/C=C(\C)Oc1ncnc2c1C[C@H](C)N(C(=O)C1CCC1)C2. The second kappa shape index (κ2) is 6.07. The van der Waals surface area contributed by atoms with Crippen LogP contribution in [0.15, 0.2) is 18.2 Å². The van der Waals surface area contributed by atoms with Crippen molar-refractivity contribution in [3.05, 3.63) is 29.4 Å². The van der Waals surface area contributed by atoms with Crippen LogP contribution in [0.2, 0.25) is 0 Å². The lowest BCUT2D eigenvalue weighted by Crippen LogP contribution is -2.47.